The first-order chi connectivity index (χ1) is 9.00. The second-order valence-electron chi connectivity index (χ2n) is 3.48. The standard InChI is InChI=1S/C10H13ClN2O3S.C2H6/c1-17(16)6-2-5-12-9-4-3-8(11)7-10(9)13(14)15;1-2/h3-4,7,12H,2,5-6H2,1H3;1-2H3. The van der Waals surface area contributed by atoms with E-state index in [1.807, 2.05) is 13.8 Å². The normalized spacial score (nSPS) is 11.2. The van der Waals surface area contributed by atoms with Gasteiger partial charge in [0.2, 0.25) is 0 Å². The maximum Gasteiger partial charge on any atom is 0.293 e. The van der Waals surface area contributed by atoms with E-state index in [-0.39, 0.29) is 5.69 Å². The Labute approximate surface area is 121 Å². The van der Waals surface area contributed by atoms with Gasteiger partial charge in [-0.1, -0.05) is 25.4 Å². The molecule has 0 spiro atoms. The smallest absolute Gasteiger partial charge is 0.293 e. The maximum atomic E-state index is 10.8. The number of rotatable bonds is 6. The van der Waals surface area contributed by atoms with Crippen LogP contribution in [0.5, 0.6) is 0 Å². The van der Waals surface area contributed by atoms with Crippen LogP contribution < -0.4 is 5.32 Å². The minimum atomic E-state index is -0.836. The third-order valence-corrected chi connectivity index (χ3v) is 3.18. The molecule has 1 rings (SSSR count). The van der Waals surface area contributed by atoms with Gasteiger partial charge in [0.15, 0.2) is 0 Å². The van der Waals surface area contributed by atoms with Crippen LogP contribution in [0.4, 0.5) is 11.4 Å². The summed E-state index contributed by atoms with van der Waals surface area (Å²) in [5.74, 6) is 0.578. The van der Waals surface area contributed by atoms with Crippen molar-refractivity contribution in [2.45, 2.75) is 20.3 Å². The molecule has 1 aromatic carbocycles. The molecule has 1 N–H and O–H groups in total. The molecule has 108 valence electrons. The summed E-state index contributed by atoms with van der Waals surface area (Å²) in [6.45, 7) is 4.54. The van der Waals surface area contributed by atoms with Crippen molar-refractivity contribution in [1.82, 2.24) is 0 Å². The highest BCUT2D eigenvalue weighted by Gasteiger charge is 2.13. The summed E-state index contributed by atoms with van der Waals surface area (Å²) in [7, 11) is -0.836. The van der Waals surface area contributed by atoms with Crippen LogP contribution in [0.15, 0.2) is 18.2 Å². The van der Waals surface area contributed by atoms with Crippen molar-refractivity contribution in [2.75, 3.05) is 23.9 Å². The Morgan fingerprint density at radius 1 is 1.42 bits per heavy atom. The highest BCUT2D eigenvalue weighted by atomic mass is 35.5. The molecule has 19 heavy (non-hydrogen) atoms. The predicted octanol–water partition coefficient (Wildman–Crippen LogP) is 3.45. The molecule has 0 aliphatic heterocycles. The first-order valence-corrected chi connectivity index (χ1v) is 8.09. The average Bonchev–Trinajstić information content (AvgIpc) is 2.38. The quantitative estimate of drug-likeness (QED) is 0.496. The summed E-state index contributed by atoms with van der Waals surface area (Å²) < 4.78 is 10.8. The third-order valence-electron chi connectivity index (χ3n) is 2.08. The van der Waals surface area contributed by atoms with Gasteiger partial charge >= 0.3 is 0 Å². The number of benzene rings is 1. The summed E-state index contributed by atoms with van der Waals surface area (Å²) in [5, 5.41) is 14.0. The molecule has 0 fully saturated rings. The Morgan fingerprint density at radius 3 is 2.58 bits per heavy atom. The molecule has 0 amide bonds. The van der Waals surface area contributed by atoms with Gasteiger partial charge in [-0.3, -0.25) is 14.3 Å². The molecular weight excluding hydrogens is 288 g/mol. The van der Waals surface area contributed by atoms with E-state index < -0.39 is 15.7 Å². The number of hydrogen-bond acceptors (Lipinski definition) is 4. The van der Waals surface area contributed by atoms with E-state index >= 15 is 0 Å². The van der Waals surface area contributed by atoms with Crippen molar-refractivity contribution >= 4 is 33.8 Å². The molecule has 1 unspecified atom stereocenters. The molecule has 0 aliphatic carbocycles. The third kappa shape index (κ3) is 7.12. The van der Waals surface area contributed by atoms with Gasteiger partial charge in [0.25, 0.3) is 5.69 Å². The highest BCUT2D eigenvalue weighted by Crippen LogP contribution is 2.27. The Bertz CT molecular complexity index is 441. The lowest BCUT2D eigenvalue weighted by Gasteiger charge is -2.06. The van der Waals surface area contributed by atoms with Crippen LogP contribution >= 0.6 is 11.6 Å². The monoisotopic (exact) mass is 306 g/mol. The molecule has 0 bridgehead atoms. The van der Waals surface area contributed by atoms with Crippen molar-refractivity contribution < 1.29 is 9.13 Å². The topological polar surface area (TPSA) is 72.2 Å². The van der Waals surface area contributed by atoms with Gasteiger partial charge in [0, 0.05) is 40.4 Å². The summed E-state index contributed by atoms with van der Waals surface area (Å²) in [6.07, 6.45) is 2.33. The van der Waals surface area contributed by atoms with Crippen LogP contribution in [0.25, 0.3) is 0 Å². The van der Waals surface area contributed by atoms with Gasteiger partial charge < -0.3 is 5.32 Å². The molecule has 0 aromatic heterocycles. The van der Waals surface area contributed by atoms with E-state index in [2.05, 4.69) is 5.32 Å². The fourth-order valence-electron chi connectivity index (χ4n) is 1.30. The molecule has 1 atom stereocenters. The SMILES string of the molecule is CC.CS(=O)CCCNc1ccc(Cl)cc1[N+](=O)[O-]. The van der Waals surface area contributed by atoms with Gasteiger partial charge in [-0.05, 0) is 18.6 Å². The molecule has 0 saturated heterocycles. The van der Waals surface area contributed by atoms with E-state index in [9.17, 15) is 14.3 Å². The van der Waals surface area contributed by atoms with E-state index in [0.717, 1.165) is 0 Å². The Balaban J connectivity index is 0.00000154. The van der Waals surface area contributed by atoms with Gasteiger partial charge in [-0.15, -0.1) is 0 Å². The number of halogens is 1. The maximum absolute atomic E-state index is 10.8. The van der Waals surface area contributed by atoms with E-state index in [0.29, 0.717) is 29.4 Å². The first-order valence-electron chi connectivity index (χ1n) is 5.98. The van der Waals surface area contributed by atoms with Crippen molar-refractivity contribution in [3.63, 3.8) is 0 Å². The van der Waals surface area contributed by atoms with Crippen LogP contribution in [0.3, 0.4) is 0 Å². The molecule has 5 nitrogen and oxygen atoms in total. The van der Waals surface area contributed by atoms with Crippen LogP contribution in [0.1, 0.15) is 20.3 Å². The number of nitro benzene ring substituents is 1. The van der Waals surface area contributed by atoms with Crippen molar-refractivity contribution in [3.8, 4) is 0 Å². The Kier molecular flexibility index (Phi) is 9.16. The first kappa shape index (κ1) is 17.9. The minimum Gasteiger partial charge on any atom is -0.379 e. The van der Waals surface area contributed by atoms with Gasteiger partial charge in [-0.2, -0.15) is 0 Å². The number of nitro groups is 1. The van der Waals surface area contributed by atoms with E-state index in [1.54, 1.807) is 18.4 Å². The number of nitrogens with zero attached hydrogens (tertiary/aromatic N) is 1. The van der Waals surface area contributed by atoms with Crippen molar-refractivity contribution in [3.05, 3.63) is 33.3 Å². The number of nitrogens with one attached hydrogen (secondary N) is 1. The number of hydrogen-bond donors (Lipinski definition) is 1. The van der Waals surface area contributed by atoms with E-state index in [1.165, 1.54) is 6.07 Å². The molecule has 7 heteroatoms. The lowest BCUT2D eigenvalue weighted by atomic mass is 10.2. The fraction of sp³-hybridized carbons (Fsp3) is 0.500. The number of anilines is 1. The Hall–Kier alpha value is -1.14. The fourth-order valence-corrected chi connectivity index (χ4v) is 2.02. The molecule has 0 saturated carbocycles. The second-order valence-corrected chi connectivity index (χ2v) is 5.47. The zero-order valence-electron chi connectivity index (χ0n) is 11.3. The molecule has 0 aliphatic rings. The van der Waals surface area contributed by atoms with Crippen LogP contribution in [0.2, 0.25) is 5.02 Å². The predicted molar refractivity (Wildman–Crippen MR) is 81.5 cm³/mol. The molecular formula is C12H19ClN2O3S. The summed E-state index contributed by atoms with van der Waals surface area (Å²) in [6, 6.07) is 4.47. The highest BCUT2D eigenvalue weighted by molar-refractivity contribution is 7.84. The molecule has 0 heterocycles. The largest absolute Gasteiger partial charge is 0.379 e. The van der Waals surface area contributed by atoms with Crippen molar-refractivity contribution in [1.29, 1.82) is 0 Å². The minimum absolute atomic E-state index is 0.0462. The second kappa shape index (κ2) is 9.75. The zero-order valence-corrected chi connectivity index (χ0v) is 12.9. The van der Waals surface area contributed by atoms with Crippen molar-refractivity contribution in [2.24, 2.45) is 0 Å². The van der Waals surface area contributed by atoms with Gasteiger partial charge in [-0.25, -0.2) is 0 Å². The Morgan fingerprint density at radius 2 is 2.05 bits per heavy atom. The van der Waals surface area contributed by atoms with Gasteiger partial charge in [0.05, 0.1) is 4.92 Å². The molecule has 1 aromatic rings. The lowest BCUT2D eigenvalue weighted by Crippen LogP contribution is -2.07. The average molecular weight is 307 g/mol. The van der Waals surface area contributed by atoms with Crippen LogP contribution in [-0.4, -0.2) is 27.7 Å². The van der Waals surface area contributed by atoms with Crippen LogP contribution in [0, 0.1) is 10.1 Å². The lowest BCUT2D eigenvalue weighted by molar-refractivity contribution is -0.383. The summed E-state index contributed by atoms with van der Waals surface area (Å²) >= 11 is 5.69. The molecule has 0 radical (unpaired) electrons. The summed E-state index contributed by atoms with van der Waals surface area (Å²) in [5.41, 5.74) is 0.386. The van der Waals surface area contributed by atoms with Gasteiger partial charge in [0.1, 0.15) is 5.69 Å². The van der Waals surface area contributed by atoms with E-state index in [4.69, 9.17) is 11.6 Å². The summed E-state index contributed by atoms with van der Waals surface area (Å²) in [4.78, 5) is 10.3. The van der Waals surface area contributed by atoms with Crippen LogP contribution in [-0.2, 0) is 10.8 Å². The zero-order chi connectivity index (χ0) is 14.8.